The molecule has 0 bridgehead atoms. The van der Waals surface area contributed by atoms with Gasteiger partial charge in [0.15, 0.2) is 0 Å². The minimum atomic E-state index is -0.698. The van der Waals surface area contributed by atoms with E-state index in [-0.39, 0.29) is 18.3 Å². The molecule has 1 atom stereocenters. The third-order valence-corrected chi connectivity index (χ3v) is 5.20. The van der Waals surface area contributed by atoms with Crippen molar-refractivity contribution < 1.29 is 13.6 Å². The number of nitrogens with one attached hydrogen (secondary N) is 1. The fourth-order valence-corrected chi connectivity index (χ4v) is 3.88. The van der Waals surface area contributed by atoms with E-state index < -0.39 is 17.6 Å². The highest BCUT2D eigenvalue weighted by Crippen LogP contribution is 2.40. The molecule has 0 spiro atoms. The molecule has 2 aromatic carbocycles. The van der Waals surface area contributed by atoms with Crippen LogP contribution < -0.4 is 5.32 Å². The topological polar surface area (TPSA) is 85.6 Å². The Kier molecular flexibility index (Phi) is 4.50. The maximum absolute atomic E-state index is 13.8. The number of amides is 1. The average molecular weight is 418 g/mol. The number of nitrogens with zero attached hydrogens (tertiary/aromatic N) is 5. The fourth-order valence-electron chi connectivity index (χ4n) is 3.88. The molecule has 1 aliphatic heterocycles. The molecule has 0 saturated carbocycles. The standard InChI is InChI=1S/C22H16F2N6O/c1-12-20-17(14-7-15(23)9-16(24)8-14)10-19(31)27-21(20)30(29-12)22-26-18(11-25-28-22)13-5-3-2-4-6-13/h2-9,11,17H,10H2,1H3,(H,27,31)/t17-/m0/s1. The number of fused-ring (bicyclic) bond motifs is 1. The smallest absolute Gasteiger partial charge is 0.272 e. The van der Waals surface area contributed by atoms with Gasteiger partial charge in [-0.15, -0.1) is 5.10 Å². The summed E-state index contributed by atoms with van der Waals surface area (Å²) in [6.07, 6.45) is 1.59. The van der Waals surface area contributed by atoms with Crippen molar-refractivity contribution in [2.45, 2.75) is 19.3 Å². The molecule has 0 saturated heterocycles. The van der Waals surface area contributed by atoms with Crippen LogP contribution in [-0.4, -0.2) is 30.9 Å². The Morgan fingerprint density at radius 2 is 1.84 bits per heavy atom. The van der Waals surface area contributed by atoms with Gasteiger partial charge in [-0.25, -0.2) is 13.8 Å². The maximum atomic E-state index is 13.8. The Bertz CT molecular complexity index is 1280. The van der Waals surface area contributed by atoms with Gasteiger partial charge in [-0.2, -0.15) is 14.9 Å². The lowest BCUT2D eigenvalue weighted by atomic mass is 9.85. The van der Waals surface area contributed by atoms with E-state index in [4.69, 9.17) is 0 Å². The van der Waals surface area contributed by atoms with Gasteiger partial charge in [0.25, 0.3) is 5.95 Å². The molecule has 1 N–H and O–H groups in total. The van der Waals surface area contributed by atoms with Gasteiger partial charge in [-0.1, -0.05) is 30.3 Å². The van der Waals surface area contributed by atoms with Crippen molar-refractivity contribution in [1.82, 2.24) is 25.0 Å². The van der Waals surface area contributed by atoms with Gasteiger partial charge in [-0.3, -0.25) is 4.79 Å². The van der Waals surface area contributed by atoms with Crippen LogP contribution in [0.2, 0.25) is 0 Å². The molecule has 154 valence electrons. The first-order chi connectivity index (χ1) is 15.0. The fraction of sp³-hybridized carbons (Fsp3) is 0.136. The zero-order valence-corrected chi connectivity index (χ0v) is 16.4. The van der Waals surface area contributed by atoms with Crippen LogP contribution >= 0.6 is 0 Å². The minimum Gasteiger partial charge on any atom is -0.310 e. The molecule has 7 nitrogen and oxygen atoms in total. The number of hydrogen-bond donors (Lipinski definition) is 1. The molecule has 0 fully saturated rings. The zero-order chi connectivity index (χ0) is 21.5. The van der Waals surface area contributed by atoms with Crippen LogP contribution in [0.25, 0.3) is 17.2 Å². The maximum Gasteiger partial charge on any atom is 0.272 e. The molecule has 9 heteroatoms. The van der Waals surface area contributed by atoms with Crippen LogP contribution in [0, 0.1) is 18.6 Å². The van der Waals surface area contributed by atoms with Crippen molar-refractivity contribution in [3.8, 4) is 17.2 Å². The van der Waals surface area contributed by atoms with Gasteiger partial charge in [0.1, 0.15) is 17.5 Å². The SMILES string of the molecule is Cc1nn(-c2nncc(-c3ccccc3)n2)c2c1[C@H](c1cc(F)cc(F)c1)CC(=O)N2. The van der Waals surface area contributed by atoms with Gasteiger partial charge in [0.2, 0.25) is 5.91 Å². The first kappa shape index (κ1) is 19.0. The number of aromatic nitrogens is 5. The number of anilines is 1. The van der Waals surface area contributed by atoms with Crippen molar-refractivity contribution in [2.75, 3.05) is 5.32 Å². The second-order valence-corrected chi connectivity index (χ2v) is 7.27. The summed E-state index contributed by atoms with van der Waals surface area (Å²) in [4.78, 5) is 17.0. The Labute approximate surface area is 175 Å². The van der Waals surface area contributed by atoms with Crippen LogP contribution in [0.3, 0.4) is 0 Å². The molecule has 5 rings (SSSR count). The summed E-state index contributed by atoms with van der Waals surface area (Å²) >= 11 is 0. The lowest BCUT2D eigenvalue weighted by Crippen LogP contribution is -2.25. The summed E-state index contributed by atoms with van der Waals surface area (Å²) in [5.74, 6) is -1.69. The Hall–Kier alpha value is -4.01. The van der Waals surface area contributed by atoms with Gasteiger partial charge >= 0.3 is 0 Å². The summed E-state index contributed by atoms with van der Waals surface area (Å²) in [5.41, 5.74) is 3.08. The van der Waals surface area contributed by atoms with Crippen molar-refractivity contribution in [2.24, 2.45) is 0 Å². The van der Waals surface area contributed by atoms with Crippen molar-refractivity contribution in [3.63, 3.8) is 0 Å². The molecule has 1 amide bonds. The molecule has 0 radical (unpaired) electrons. The predicted octanol–water partition coefficient (Wildman–Crippen LogP) is 3.79. The van der Waals surface area contributed by atoms with Crippen molar-refractivity contribution in [1.29, 1.82) is 0 Å². The number of hydrogen-bond acceptors (Lipinski definition) is 5. The highest BCUT2D eigenvalue weighted by molar-refractivity contribution is 5.95. The van der Waals surface area contributed by atoms with Gasteiger partial charge in [-0.05, 0) is 24.6 Å². The summed E-state index contributed by atoms with van der Waals surface area (Å²) in [6.45, 7) is 1.77. The van der Waals surface area contributed by atoms with Gasteiger partial charge in [0, 0.05) is 29.5 Å². The van der Waals surface area contributed by atoms with E-state index in [1.807, 2.05) is 30.3 Å². The van der Waals surface area contributed by atoms with E-state index in [1.54, 1.807) is 13.1 Å². The van der Waals surface area contributed by atoms with Crippen molar-refractivity contribution in [3.05, 3.63) is 83.2 Å². The van der Waals surface area contributed by atoms with Crippen molar-refractivity contribution >= 4 is 11.7 Å². The molecular weight excluding hydrogens is 402 g/mol. The summed E-state index contributed by atoms with van der Waals surface area (Å²) in [6, 6.07) is 12.7. The third kappa shape index (κ3) is 3.43. The van der Waals surface area contributed by atoms with E-state index in [9.17, 15) is 13.6 Å². The molecule has 2 aromatic heterocycles. The second-order valence-electron chi connectivity index (χ2n) is 7.27. The Morgan fingerprint density at radius 1 is 1.10 bits per heavy atom. The molecule has 4 aromatic rings. The molecular formula is C22H16F2N6O. The molecule has 31 heavy (non-hydrogen) atoms. The van der Waals surface area contributed by atoms with E-state index in [1.165, 1.54) is 16.8 Å². The molecule has 0 unspecified atom stereocenters. The minimum absolute atomic E-state index is 0.0472. The lowest BCUT2D eigenvalue weighted by Gasteiger charge is -2.24. The predicted molar refractivity (Wildman–Crippen MR) is 109 cm³/mol. The van der Waals surface area contributed by atoms with Crippen LogP contribution in [0.1, 0.15) is 29.2 Å². The largest absolute Gasteiger partial charge is 0.310 e. The molecule has 0 aliphatic carbocycles. The summed E-state index contributed by atoms with van der Waals surface area (Å²) < 4.78 is 29.1. The molecule has 1 aliphatic rings. The van der Waals surface area contributed by atoms with E-state index in [0.717, 1.165) is 11.6 Å². The number of halogens is 2. The number of benzene rings is 2. The van der Waals surface area contributed by atoms with E-state index >= 15 is 0 Å². The van der Waals surface area contributed by atoms with Crippen LogP contribution in [0.5, 0.6) is 0 Å². The van der Waals surface area contributed by atoms with Crippen LogP contribution in [0.15, 0.2) is 54.7 Å². The first-order valence-electron chi connectivity index (χ1n) is 9.60. The normalized spacial score (nSPS) is 15.5. The first-order valence-corrected chi connectivity index (χ1v) is 9.60. The highest BCUT2D eigenvalue weighted by Gasteiger charge is 2.33. The number of aryl methyl sites for hydroxylation is 1. The van der Waals surface area contributed by atoms with Crippen LogP contribution in [-0.2, 0) is 4.79 Å². The highest BCUT2D eigenvalue weighted by atomic mass is 19.1. The summed E-state index contributed by atoms with van der Waals surface area (Å²) in [5, 5.41) is 15.4. The lowest BCUT2D eigenvalue weighted by molar-refractivity contribution is -0.116. The Balaban J connectivity index is 1.64. The van der Waals surface area contributed by atoms with Gasteiger partial charge < -0.3 is 5.32 Å². The van der Waals surface area contributed by atoms with E-state index in [2.05, 4.69) is 25.6 Å². The third-order valence-electron chi connectivity index (χ3n) is 5.20. The quantitative estimate of drug-likeness (QED) is 0.547. The zero-order valence-electron chi connectivity index (χ0n) is 16.4. The van der Waals surface area contributed by atoms with Crippen LogP contribution in [0.4, 0.5) is 14.6 Å². The summed E-state index contributed by atoms with van der Waals surface area (Å²) in [7, 11) is 0. The monoisotopic (exact) mass is 418 g/mol. The average Bonchev–Trinajstić information content (AvgIpc) is 3.09. The molecule has 3 heterocycles. The Morgan fingerprint density at radius 3 is 2.58 bits per heavy atom. The van der Waals surface area contributed by atoms with Gasteiger partial charge in [0.05, 0.1) is 17.6 Å². The number of carbonyl (C=O) groups excluding carboxylic acids is 1. The number of carbonyl (C=O) groups is 1. The second kappa shape index (κ2) is 7.35. The number of rotatable bonds is 3. The van der Waals surface area contributed by atoms with E-state index in [0.29, 0.717) is 28.3 Å².